The zero-order valence-corrected chi connectivity index (χ0v) is 11.2. The summed E-state index contributed by atoms with van der Waals surface area (Å²) in [7, 11) is 0. The molecule has 0 bridgehead atoms. The van der Waals surface area contributed by atoms with Gasteiger partial charge in [-0.25, -0.2) is 9.97 Å². The van der Waals surface area contributed by atoms with Gasteiger partial charge in [0.2, 0.25) is 0 Å². The molecule has 2 aromatic rings. The molecule has 0 saturated carbocycles. The first kappa shape index (κ1) is 12.5. The number of hydrogen-bond donors (Lipinski definition) is 1. The fourth-order valence-electron chi connectivity index (χ4n) is 1.67. The summed E-state index contributed by atoms with van der Waals surface area (Å²) in [5, 5.41) is 0. The number of fused-ring (bicyclic) bond motifs is 1. The van der Waals surface area contributed by atoms with Crippen LogP contribution >= 0.6 is 0 Å². The molecular formula is C14H17N3O. The Morgan fingerprint density at radius 3 is 2.61 bits per heavy atom. The highest BCUT2D eigenvalue weighted by molar-refractivity contribution is 6.08. The van der Waals surface area contributed by atoms with Crippen LogP contribution in [0, 0.1) is 5.41 Å². The summed E-state index contributed by atoms with van der Waals surface area (Å²) >= 11 is 0. The number of aromatic amines is 1. The van der Waals surface area contributed by atoms with Gasteiger partial charge in [-0.3, -0.25) is 4.79 Å². The fourth-order valence-corrected chi connectivity index (χ4v) is 1.67. The maximum Gasteiger partial charge on any atom is 0.171 e. The van der Waals surface area contributed by atoms with Crippen molar-refractivity contribution in [3.63, 3.8) is 0 Å². The van der Waals surface area contributed by atoms with Crippen LogP contribution in [0.4, 0.5) is 0 Å². The molecule has 0 aliphatic carbocycles. The van der Waals surface area contributed by atoms with Gasteiger partial charge in [0.25, 0.3) is 0 Å². The van der Waals surface area contributed by atoms with E-state index in [1.54, 1.807) is 12.4 Å². The quantitative estimate of drug-likeness (QED) is 0.824. The lowest BCUT2D eigenvalue weighted by Gasteiger charge is -2.15. The van der Waals surface area contributed by atoms with Gasteiger partial charge in [-0.1, -0.05) is 27.4 Å². The predicted octanol–water partition coefficient (Wildman–Crippen LogP) is 3.22. The molecule has 18 heavy (non-hydrogen) atoms. The molecule has 2 heterocycles. The minimum absolute atomic E-state index is 0.0573. The second kappa shape index (κ2) is 4.05. The Kier molecular flexibility index (Phi) is 2.81. The number of hydrogen-bond acceptors (Lipinski definition) is 3. The lowest BCUT2D eigenvalue weighted by Crippen LogP contribution is -2.20. The number of nitrogens with one attached hydrogen (secondary N) is 1. The normalized spacial score (nSPS) is 11.8. The summed E-state index contributed by atoms with van der Waals surface area (Å²) in [6.45, 7) is 11.4. The molecule has 0 unspecified atom stereocenters. The lowest BCUT2D eigenvalue weighted by molar-refractivity contribution is 0.0860. The smallest absolute Gasteiger partial charge is 0.171 e. The van der Waals surface area contributed by atoms with E-state index in [0.29, 0.717) is 22.4 Å². The van der Waals surface area contributed by atoms with Crippen molar-refractivity contribution in [2.75, 3.05) is 0 Å². The van der Waals surface area contributed by atoms with Gasteiger partial charge in [-0.15, -0.1) is 0 Å². The molecule has 2 aromatic heterocycles. The molecule has 0 aliphatic heterocycles. The largest absolute Gasteiger partial charge is 0.344 e. The molecule has 2 rings (SSSR count). The molecule has 4 heteroatoms. The highest BCUT2D eigenvalue weighted by Crippen LogP contribution is 2.25. The second-order valence-electron chi connectivity index (χ2n) is 5.51. The summed E-state index contributed by atoms with van der Waals surface area (Å²) in [5.41, 5.74) is 2.96. The van der Waals surface area contributed by atoms with Crippen LogP contribution in [0.15, 0.2) is 19.0 Å². The average molecular weight is 243 g/mol. The number of Topliss-reactive ketones (excluding diaryl/α,β-unsaturated/α-hetero) is 1. The van der Waals surface area contributed by atoms with E-state index in [4.69, 9.17) is 0 Å². The van der Waals surface area contributed by atoms with E-state index in [1.807, 2.05) is 27.7 Å². The number of allylic oxidation sites excluding steroid dienone is 1. The number of carbonyl (C=O) groups is 1. The van der Waals surface area contributed by atoms with Gasteiger partial charge in [-0.2, -0.15) is 0 Å². The van der Waals surface area contributed by atoms with Crippen LogP contribution in [0.5, 0.6) is 0 Å². The molecule has 0 spiro atoms. The third-order valence-electron chi connectivity index (χ3n) is 2.74. The van der Waals surface area contributed by atoms with Gasteiger partial charge in [0.05, 0.1) is 17.5 Å². The molecule has 0 saturated heterocycles. The van der Waals surface area contributed by atoms with Crippen LogP contribution in [-0.4, -0.2) is 20.7 Å². The number of nitrogens with zero attached hydrogens (tertiary/aromatic N) is 2. The van der Waals surface area contributed by atoms with Gasteiger partial charge in [-0.05, 0) is 12.5 Å². The summed E-state index contributed by atoms with van der Waals surface area (Å²) in [6.07, 6.45) is 3.34. The zero-order valence-electron chi connectivity index (χ0n) is 11.2. The van der Waals surface area contributed by atoms with Gasteiger partial charge < -0.3 is 4.98 Å². The Morgan fingerprint density at radius 1 is 1.39 bits per heavy atom. The maximum atomic E-state index is 12.3. The Morgan fingerprint density at radius 2 is 2.06 bits per heavy atom. The zero-order chi connectivity index (χ0) is 13.5. The minimum Gasteiger partial charge on any atom is -0.344 e. The highest BCUT2D eigenvalue weighted by Gasteiger charge is 2.26. The van der Waals surface area contributed by atoms with Crippen molar-refractivity contribution in [2.45, 2.75) is 27.7 Å². The van der Waals surface area contributed by atoms with E-state index < -0.39 is 5.41 Å². The van der Waals surface area contributed by atoms with Gasteiger partial charge in [0.15, 0.2) is 11.4 Å². The molecule has 0 atom stereocenters. The van der Waals surface area contributed by atoms with Crippen LogP contribution < -0.4 is 0 Å². The van der Waals surface area contributed by atoms with Crippen LogP contribution in [-0.2, 0) is 0 Å². The van der Waals surface area contributed by atoms with E-state index in [-0.39, 0.29) is 5.78 Å². The standard InChI is InChI=1S/C14H17N3O/c1-8(2)10-7-16-13-11(17-10)9(6-15-13)12(18)14(3,4)5/h6-7H,1H2,2-5H3,(H,15,16). The van der Waals surface area contributed by atoms with Crippen molar-refractivity contribution >= 4 is 22.5 Å². The fraction of sp³-hybridized carbons (Fsp3) is 0.357. The second-order valence-corrected chi connectivity index (χ2v) is 5.51. The Hall–Kier alpha value is -1.97. The van der Waals surface area contributed by atoms with Crippen molar-refractivity contribution in [3.8, 4) is 0 Å². The third-order valence-corrected chi connectivity index (χ3v) is 2.74. The number of H-pyrrole nitrogens is 1. The van der Waals surface area contributed by atoms with Gasteiger partial charge in [0.1, 0.15) is 5.52 Å². The third kappa shape index (κ3) is 2.06. The molecule has 0 amide bonds. The first-order chi connectivity index (χ1) is 8.30. The Bertz CT molecular complexity index is 632. The van der Waals surface area contributed by atoms with Crippen molar-refractivity contribution in [1.29, 1.82) is 0 Å². The molecule has 4 nitrogen and oxygen atoms in total. The Labute approximate surface area is 106 Å². The molecular weight excluding hydrogens is 226 g/mol. The van der Waals surface area contributed by atoms with Crippen LogP contribution in [0.3, 0.4) is 0 Å². The molecule has 94 valence electrons. The number of ketones is 1. The lowest BCUT2D eigenvalue weighted by atomic mass is 9.87. The minimum atomic E-state index is -0.434. The average Bonchev–Trinajstić information content (AvgIpc) is 2.68. The van der Waals surface area contributed by atoms with E-state index in [1.165, 1.54) is 0 Å². The maximum absolute atomic E-state index is 12.3. The van der Waals surface area contributed by atoms with Crippen molar-refractivity contribution in [2.24, 2.45) is 5.41 Å². The van der Waals surface area contributed by atoms with E-state index in [0.717, 1.165) is 5.57 Å². The molecule has 0 radical (unpaired) electrons. The first-order valence-electron chi connectivity index (χ1n) is 5.85. The molecule has 0 aromatic carbocycles. The number of aromatic nitrogens is 3. The summed E-state index contributed by atoms with van der Waals surface area (Å²) in [6, 6.07) is 0. The van der Waals surface area contributed by atoms with Gasteiger partial charge >= 0.3 is 0 Å². The van der Waals surface area contributed by atoms with Gasteiger partial charge in [0, 0.05) is 11.6 Å². The monoisotopic (exact) mass is 243 g/mol. The van der Waals surface area contributed by atoms with Crippen LogP contribution in [0.1, 0.15) is 43.7 Å². The van der Waals surface area contributed by atoms with E-state index in [2.05, 4.69) is 21.5 Å². The highest BCUT2D eigenvalue weighted by atomic mass is 16.1. The first-order valence-corrected chi connectivity index (χ1v) is 5.85. The van der Waals surface area contributed by atoms with Crippen molar-refractivity contribution < 1.29 is 4.79 Å². The molecule has 0 aliphatic rings. The van der Waals surface area contributed by atoms with Crippen LogP contribution in [0.25, 0.3) is 16.7 Å². The van der Waals surface area contributed by atoms with E-state index in [9.17, 15) is 4.79 Å². The predicted molar refractivity (Wildman–Crippen MR) is 72.4 cm³/mol. The summed E-state index contributed by atoms with van der Waals surface area (Å²) in [5.74, 6) is 0.0573. The number of carbonyl (C=O) groups excluding carboxylic acids is 1. The summed E-state index contributed by atoms with van der Waals surface area (Å²) < 4.78 is 0. The molecule has 0 fully saturated rings. The topological polar surface area (TPSA) is 58.6 Å². The van der Waals surface area contributed by atoms with Crippen LogP contribution in [0.2, 0.25) is 0 Å². The summed E-state index contributed by atoms with van der Waals surface area (Å²) in [4.78, 5) is 24.0. The number of rotatable bonds is 2. The van der Waals surface area contributed by atoms with Crippen molar-refractivity contribution in [1.82, 2.24) is 15.0 Å². The van der Waals surface area contributed by atoms with E-state index >= 15 is 0 Å². The van der Waals surface area contributed by atoms with Crippen molar-refractivity contribution in [3.05, 3.63) is 30.2 Å². The Balaban J connectivity index is 2.62. The SMILES string of the molecule is C=C(C)c1cnc2[nH]cc(C(=O)C(C)(C)C)c2n1. The molecule has 1 N–H and O–H groups in total.